The number of quaternary nitrogens is 1. The molecule has 0 spiro atoms. The fourth-order valence-electron chi connectivity index (χ4n) is 3.17. The zero-order chi connectivity index (χ0) is 13.4. The SMILES string of the molecule is C[C@@H]1CCC[NH+](CN2C(=O)C(=O)c3ccccc32)C1. The zero-order valence-electron chi connectivity index (χ0n) is 11.2. The molecule has 1 saturated heterocycles. The molecule has 1 aromatic rings. The first-order valence-corrected chi connectivity index (χ1v) is 6.95. The van der Waals surface area contributed by atoms with Crippen LogP contribution in [0, 0.1) is 5.92 Å². The largest absolute Gasteiger partial charge is 0.317 e. The van der Waals surface area contributed by atoms with Crippen LogP contribution in [0.3, 0.4) is 0 Å². The van der Waals surface area contributed by atoms with Gasteiger partial charge in [0.05, 0.1) is 24.3 Å². The maximum Gasteiger partial charge on any atom is 0.303 e. The molecule has 19 heavy (non-hydrogen) atoms. The molecule has 1 unspecified atom stereocenters. The molecule has 1 N–H and O–H groups in total. The number of benzene rings is 1. The van der Waals surface area contributed by atoms with Crippen molar-refractivity contribution in [1.82, 2.24) is 0 Å². The van der Waals surface area contributed by atoms with Gasteiger partial charge >= 0.3 is 5.91 Å². The van der Waals surface area contributed by atoms with Crippen molar-refractivity contribution in [2.75, 3.05) is 24.7 Å². The number of anilines is 1. The van der Waals surface area contributed by atoms with Crippen LogP contribution < -0.4 is 9.80 Å². The predicted octanol–water partition coefficient (Wildman–Crippen LogP) is 0.488. The van der Waals surface area contributed by atoms with Crippen molar-refractivity contribution in [3.8, 4) is 0 Å². The van der Waals surface area contributed by atoms with Crippen molar-refractivity contribution in [3.05, 3.63) is 29.8 Å². The molecule has 2 aliphatic heterocycles. The summed E-state index contributed by atoms with van der Waals surface area (Å²) in [5, 5.41) is 0. The summed E-state index contributed by atoms with van der Waals surface area (Å²) < 4.78 is 0. The molecule has 4 heteroatoms. The van der Waals surface area contributed by atoms with Crippen molar-refractivity contribution < 1.29 is 14.5 Å². The van der Waals surface area contributed by atoms with Gasteiger partial charge in [0.25, 0.3) is 5.78 Å². The molecule has 0 aliphatic carbocycles. The number of hydrogen-bond acceptors (Lipinski definition) is 2. The van der Waals surface area contributed by atoms with Crippen molar-refractivity contribution in [3.63, 3.8) is 0 Å². The van der Waals surface area contributed by atoms with Crippen molar-refractivity contribution in [2.45, 2.75) is 19.8 Å². The zero-order valence-corrected chi connectivity index (χ0v) is 11.2. The van der Waals surface area contributed by atoms with Crippen LogP contribution in [0.15, 0.2) is 24.3 Å². The van der Waals surface area contributed by atoms with Crippen LogP contribution in [-0.4, -0.2) is 31.4 Å². The Bertz CT molecular complexity index is 527. The first-order valence-electron chi connectivity index (χ1n) is 6.95. The Kier molecular flexibility index (Phi) is 3.11. The van der Waals surface area contributed by atoms with E-state index in [0.29, 0.717) is 18.2 Å². The number of carbonyl (C=O) groups is 2. The van der Waals surface area contributed by atoms with E-state index in [0.717, 1.165) is 18.8 Å². The number of piperidine rings is 1. The third kappa shape index (κ3) is 2.16. The maximum absolute atomic E-state index is 12.1. The van der Waals surface area contributed by atoms with Gasteiger partial charge in [-0.25, -0.2) is 0 Å². The van der Waals surface area contributed by atoms with Gasteiger partial charge in [-0.2, -0.15) is 0 Å². The number of carbonyl (C=O) groups excluding carboxylic acids is 2. The lowest BCUT2D eigenvalue weighted by molar-refractivity contribution is -0.907. The van der Waals surface area contributed by atoms with Gasteiger partial charge in [0.2, 0.25) is 0 Å². The van der Waals surface area contributed by atoms with Gasteiger partial charge in [-0.05, 0) is 25.0 Å². The fraction of sp³-hybridized carbons (Fsp3) is 0.467. The smallest absolute Gasteiger partial charge is 0.303 e. The molecule has 1 aromatic carbocycles. The molecule has 0 bridgehead atoms. The van der Waals surface area contributed by atoms with E-state index in [4.69, 9.17) is 0 Å². The molecule has 1 amide bonds. The second-order valence-electron chi connectivity index (χ2n) is 5.69. The van der Waals surface area contributed by atoms with Crippen molar-refractivity contribution in [1.29, 1.82) is 0 Å². The molecule has 2 heterocycles. The van der Waals surface area contributed by atoms with E-state index in [2.05, 4.69) is 6.92 Å². The molecular weight excluding hydrogens is 240 g/mol. The predicted molar refractivity (Wildman–Crippen MR) is 72.2 cm³/mol. The molecule has 2 aliphatic rings. The minimum Gasteiger partial charge on any atom is -0.317 e. The van der Waals surface area contributed by atoms with Crippen molar-refractivity contribution >= 4 is 17.4 Å². The number of likely N-dealkylation sites (tertiary alicyclic amines) is 1. The summed E-state index contributed by atoms with van der Waals surface area (Å²) in [5.41, 5.74) is 1.33. The third-order valence-electron chi connectivity index (χ3n) is 4.12. The minimum absolute atomic E-state index is 0.361. The molecule has 3 rings (SSSR count). The average molecular weight is 259 g/mol. The number of amides is 1. The fourth-order valence-corrected chi connectivity index (χ4v) is 3.17. The number of nitrogens with one attached hydrogen (secondary N) is 1. The lowest BCUT2D eigenvalue weighted by Gasteiger charge is -2.30. The van der Waals surface area contributed by atoms with Crippen LogP contribution in [0.25, 0.3) is 0 Å². The average Bonchev–Trinajstić information content (AvgIpc) is 2.65. The number of Topliss-reactive ketones (excluding diaryl/α,β-unsaturated/α-hetero) is 1. The molecule has 0 radical (unpaired) electrons. The normalized spacial score (nSPS) is 26.7. The van der Waals surface area contributed by atoms with Gasteiger partial charge in [0.15, 0.2) is 6.67 Å². The molecule has 0 saturated carbocycles. The number of rotatable bonds is 2. The van der Waals surface area contributed by atoms with Crippen LogP contribution >= 0.6 is 0 Å². The summed E-state index contributed by atoms with van der Waals surface area (Å²) in [4.78, 5) is 27.1. The van der Waals surface area contributed by atoms with Crippen molar-refractivity contribution in [2.24, 2.45) is 5.92 Å². The Morgan fingerprint density at radius 2 is 2.11 bits per heavy atom. The van der Waals surface area contributed by atoms with Gasteiger partial charge in [-0.1, -0.05) is 19.1 Å². The highest BCUT2D eigenvalue weighted by Gasteiger charge is 2.37. The monoisotopic (exact) mass is 259 g/mol. The van der Waals surface area contributed by atoms with E-state index >= 15 is 0 Å². The van der Waals surface area contributed by atoms with E-state index in [-0.39, 0.29) is 11.7 Å². The Hall–Kier alpha value is -1.68. The van der Waals surface area contributed by atoms with Crippen LogP contribution in [0.2, 0.25) is 0 Å². The van der Waals surface area contributed by atoms with Crippen LogP contribution in [-0.2, 0) is 4.79 Å². The topological polar surface area (TPSA) is 41.8 Å². The summed E-state index contributed by atoms with van der Waals surface area (Å²) >= 11 is 0. The second kappa shape index (κ2) is 4.78. The van der Waals surface area contributed by atoms with Gasteiger partial charge < -0.3 is 4.90 Å². The summed E-state index contributed by atoms with van der Waals surface area (Å²) in [6, 6.07) is 7.30. The lowest BCUT2D eigenvalue weighted by atomic mass is 10.0. The number of fused-ring (bicyclic) bond motifs is 1. The molecule has 2 atom stereocenters. The van der Waals surface area contributed by atoms with Gasteiger partial charge in [-0.15, -0.1) is 0 Å². The van der Waals surface area contributed by atoms with Gasteiger partial charge in [0.1, 0.15) is 0 Å². The third-order valence-corrected chi connectivity index (χ3v) is 4.12. The van der Waals surface area contributed by atoms with E-state index in [1.807, 2.05) is 18.2 Å². The number of ketones is 1. The van der Waals surface area contributed by atoms with Crippen LogP contribution in [0.4, 0.5) is 5.69 Å². The first-order chi connectivity index (χ1) is 9.16. The molecule has 1 fully saturated rings. The quantitative estimate of drug-likeness (QED) is 0.785. The second-order valence-corrected chi connectivity index (χ2v) is 5.69. The molecule has 100 valence electrons. The number of nitrogens with zero attached hydrogens (tertiary/aromatic N) is 1. The Morgan fingerprint density at radius 3 is 2.89 bits per heavy atom. The van der Waals surface area contributed by atoms with E-state index < -0.39 is 0 Å². The standard InChI is InChI=1S/C15H18N2O2/c1-11-5-4-8-16(9-11)10-17-13-7-3-2-6-12(13)14(18)15(17)19/h2-3,6-7,11H,4-5,8-10H2,1H3/p+1/t11-/m1/s1. The molecule has 4 nitrogen and oxygen atoms in total. The van der Waals surface area contributed by atoms with Gasteiger partial charge in [0, 0.05) is 5.92 Å². The molecular formula is C15H19N2O2+. The highest BCUT2D eigenvalue weighted by molar-refractivity contribution is 6.52. The Balaban J connectivity index is 1.81. The highest BCUT2D eigenvalue weighted by atomic mass is 16.2. The number of para-hydroxylation sites is 1. The van der Waals surface area contributed by atoms with Crippen LogP contribution in [0.1, 0.15) is 30.1 Å². The summed E-state index contributed by atoms with van der Waals surface area (Å²) in [6.07, 6.45) is 2.47. The van der Waals surface area contributed by atoms with Gasteiger partial charge in [-0.3, -0.25) is 14.5 Å². The Morgan fingerprint density at radius 1 is 1.32 bits per heavy atom. The Labute approximate surface area is 113 Å². The lowest BCUT2D eigenvalue weighted by Crippen LogP contribution is -3.15. The summed E-state index contributed by atoms with van der Waals surface area (Å²) in [5.74, 6) is -0.0283. The number of hydrogen-bond donors (Lipinski definition) is 1. The first kappa shape index (κ1) is 12.4. The minimum atomic E-state index is -0.369. The van der Waals surface area contributed by atoms with E-state index in [1.54, 1.807) is 11.0 Å². The summed E-state index contributed by atoms with van der Waals surface area (Å²) in [7, 11) is 0. The summed E-state index contributed by atoms with van der Waals surface area (Å²) in [6.45, 7) is 5.04. The molecule has 0 aromatic heterocycles. The highest BCUT2D eigenvalue weighted by Crippen LogP contribution is 2.27. The van der Waals surface area contributed by atoms with E-state index in [9.17, 15) is 9.59 Å². The van der Waals surface area contributed by atoms with E-state index in [1.165, 1.54) is 17.7 Å². The maximum atomic E-state index is 12.1. The van der Waals surface area contributed by atoms with Crippen LogP contribution in [0.5, 0.6) is 0 Å².